The second kappa shape index (κ2) is 8.21. The normalized spacial score (nSPS) is 35.8. The van der Waals surface area contributed by atoms with Crippen molar-refractivity contribution in [2.75, 3.05) is 0 Å². The molecule has 0 saturated heterocycles. The highest BCUT2D eigenvalue weighted by Crippen LogP contribution is 2.62. The molecule has 0 bridgehead atoms. The van der Waals surface area contributed by atoms with E-state index in [1.54, 1.807) is 0 Å². The van der Waals surface area contributed by atoms with Gasteiger partial charge >= 0.3 is 5.97 Å². The third kappa shape index (κ3) is 3.96. The van der Waals surface area contributed by atoms with Crippen LogP contribution in [-0.4, -0.2) is 26.3 Å². The molecule has 3 fully saturated rings. The number of hydrogen-bond donors (Lipinski definition) is 1. The lowest BCUT2D eigenvalue weighted by Gasteiger charge is -2.53. The monoisotopic (exact) mass is 491 g/mol. The Hall–Kier alpha value is -1.70. The van der Waals surface area contributed by atoms with Gasteiger partial charge in [-0.05, 0) is 92.9 Å². The van der Waals surface area contributed by atoms with Gasteiger partial charge in [-0.3, -0.25) is 4.79 Å². The third-order valence-electron chi connectivity index (χ3n) is 8.95. The molecule has 178 valence electrons. The van der Waals surface area contributed by atoms with Crippen molar-refractivity contribution in [2.24, 2.45) is 34.2 Å². The summed E-state index contributed by atoms with van der Waals surface area (Å²) in [4.78, 5) is 24.8. The summed E-state index contributed by atoms with van der Waals surface area (Å²) in [5.41, 5.74) is 1.29. The minimum absolute atomic E-state index is 0.0308. The van der Waals surface area contributed by atoms with Crippen LogP contribution in [0.25, 0.3) is 0 Å². The maximum absolute atomic E-state index is 13.0. The van der Waals surface area contributed by atoms with Crippen LogP contribution in [-0.2, 0) is 19.6 Å². The second-order valence-corrected chi connectivity index (χ2v) is 12.5. The predicted octanol–water partition coefficient (Wildman–Crippen LogP) is 4.65. The zero-order valence-electron chi connectivity index (χ0n) is 18.8. The minimum Gasteiger partial charge on any atom is -0.458 e. The Balaban J connectivity index is 1.35. The second-order valence-electron chi connectivity index (χ2n) is 10.5. The molecular formula is C25H30ClNO5S. The van der Waals surface area contributed by atoms with Gasteiger partial charge in [-0.2, -0.15) is 0 Å². The van der Waals surface area contributed by atoms with Crippen molar-refractivity contribution in [3.05, 3.63) is 40.4 Å². The zero-order chi connectivity index (χ0) is 23.5. The standard InChI is InChI=1S/C25H30ClNO5S/c1-25-11-10-18-17-6-3-15(28)12-14(17)2-5-19(18)21(25)7-9-23(25)32-24(29)20-13-16(33(27,30)31)4-8-22(20)26/h4,8,12-13,17-19,21,23H,2-3,5-7,9-11H2,1H3,(H2,27,30,31)/t17?,18?,19?,21?,23-,25-/m0/s1. The van der Waals surface area contributed by atoms with E-state index in [2.05, 4.69) is 6.92 Å². The number of primary sulfonamides is 1. The summed E-state index contributed by atoms with van der Waals surface area (Å²) in [6.45, 7) is 2.25. The summed E-state index contributed by atoms with van der Waals surface area (Å²) in [7, 11) is -3.95. The van der Waals surface area contributed by atoms with E-state index >= 15 is 0 Å². The number of nitrogens with two attached hydrogens (primary N) is 1. The van der Waals surface area contributed by atoms with Gasteiger partial charge in [0.25, 0.3) is 0 Å². The Morgan fingerprint density at radius 1 is 1.12 bits per heavy atom. The van der Waals surface area contributed by atoms with Crippen molar-refractivity contribution in [2.45, 2.75) is 69.3 Å². The van der Waals surface area contributed by atoms with Gasteiger partial charge in [-0.1, -0.05) is 24.1 Å². The number of ether oxygens (including phenoxy) is 1. The molecule has 0 amide bonds. The molecule has 4 aliphatic carbocycles. The first kappa shape index (κ1) is 23.1. The summed E-state index contributed by atoms with van der Waals surface area (Å²) >= 11 is 6.20. The van der Waals surface area contributed by atoms with E-state index in [-0.39, 0.29) is 32.8 Å². The molecule has 4 unspecified atom stereocenters. The number of halogens is 1. The van der Waals surface area contributed by atoms with Crippen LogP contribution >= 0.6 is 11.6 Å². The van der Waals surface area contributed by atoms with Crippen LogP contribution in [0.5, 0.6) is 0 Å². The van der Waals surface area contributed by atoms with Crippen LogP contribution in [0, 0.1) is 29.1 Å². The lowest BCUT2D eigenvalue weighted by molar-refractivity contribution is -0.116. The molecular weight excluding hydrogens is 462 g/mol. The molecule has 0 aromatic heterocycles. The van der Waals surface area contributed by atoms with Crippen molar-refractivity contribution in [3.8, 4) is 0 Å². The fourth-order valence-electron chi connectivity index (χ4n) is 7.36. The largest absolute Gasteiger partial charge is 0.458 e. The predicted molar refractivity (Wildman–Crippen MR) is 124 cm³/mol. The average molecular weight is 492 g/mol. The number of carbonyl (C=O) groups is 2. The van der Waals surface area contributed by atoms with E-state index in [0.717, 1.165) is 44.9 Å². The van der Waals surface area contributed by atoms with E-state index in [4.69, 9.17) is 21.5 Å². The molecule has 6 nitrogen and oxygen atoms in total. The quantitative estimate of drug-likeness (QED) is 0.619. The summed E-state index contributed by atoms with van der Waals surface area (Å²) in [5.74, 6) is 1.91. The Kier molecular flexibility index (Phi) is 5.73. The summed E-state index contributed by atoms with van der Waals surface area (Å²) in [6.07, 6.45) is 9.33. The molecule has 3 saturated carbocycles. The topological polar surface area (TPSA) is 104 Å². The highest BCUT2D eigenvalue weighted by molar-refractivity contribution is 7.89. The molecule has 1 aromatic carbocycles. The van der Waals surface area contributed by atoms with Crippen LogP contribution in [0.3, 0.4) is 0 Å². The zero-order valence-corrected chi connectivity index (χ0v) is 20.3. The van der Waals surface area contributed by atoms with E-state index in [1.807, 2.05) is 6.08 Å². The SMILES string of the molecule is C[C@]12CCC3C4CCC(=O)C=C4CCC3C1CC[C@@H]2OC(=O)c1cc(S(N)(=O)=O)ccc1Cl. The van der Waals surface area contributed by atoms with Gasteiger partial charge in [0.15, 0.2) is 5.78 Å². The first-order chi connectivity index (χ1) is 15.6. The molecule has 33 heavy (non-hydrogen) atoms. The number of allylic oxidation sites excluding steroid dienone is 1. The van der Waals surface area contributed by atoms with Crippen LogP contribution in [0.1, 0.15) is 68.6 Å². The molecule has 4 aliphatic rings. The van der Waals surface area contributed by atoms with E-state index < -0.39 is 16.0 Å². The van der Waals surface area contributed by atoms with Crippen LogP contribution in [0.15, 0.2) is 34.7 Å². The first-order valence-electron chi connectivity index (χ1n) is 11.8. The summed E-state index contributed by atoms with van der Waals surface area (Å²) in [6, 6.07) is 3.85. The third-order valence-corrected chi connectivity index (χ3v) is 10.2. The van der Waals surface area contributed by atoms with E-state index in [1.165, 1.54) is 23.8 Å². The number of benzene rings is 1. The minimum atomic E-state index is -3.95. The van der Waals surface area contributed by atoms with Crippen molar-refractivity contribution < 1.29 is 22.7 Å². The highest BCUT2D eigenvalue weighted by Gasteiger charge is 2.57. The Morgan fingerprint density at radius 2 is 1.91 bits per heavy atom. The molecule has 5 rings (SSSR count). The maximum atomic E-state index is 13.0. The maximum Gasteiger partial charge on any atom is 0.339 e. The lowest BCUT2D eigenvalue weighted by atomic mass is 9.52. The van der Waals surface area contributed by atoms with Crippen LogP contribution < -0.4 is 5.14 Å². The number of hydrogen-bond acceptors (Lipinski definition) is 5. The van der Waals surface area contributed by atoms with Crippen molar-refractivity contribution in [1.82, 2.24) is 0 Å². The van der Waals surface area contributed by atoms with Crippen LogP contribution in [0.2, 0.25) is 5.02 Å². The Bertz CT molecular complexity index is 1150. The molecule has 0 aliphatic heterocycles. The van der Waals surface area contributed by atoms with Gasteiger partial charge in [-0.25, -0.2) is 18.4 Å². The van der Waals surface area contributed by atoms with Gasteiger partial charge in [-0.15, -0.1) is 0 Å². The fourth-order valence-corrected chi connectivity index (χ4v) is 8.09. The molecule has 0 radical (unpaired) electrons. The fraction of sp³-hybridized carbons (Fsp3) is 0.600. The first-order valence-corrected chi connectivity index (χ1v) is 13.8. The number of rotatable bonds is 3. The molecule has 0 spiro atoms. The number of esters is 1. The average Bonchev–Trinajstić information content (AvgIpc) is 3.09. The summed E-state index contributed by atoms with van der Waals surface area (Å²) in [5, 5.41) is 5.37. The molecule has 0 heterocycles. The van der Waals surface area contributed by atoms with Crippen LogP contribution in [0.4, 0.5) is 0 Å². The van der Waals surface area contributed by atoms with Crippen molar-refractivity contribution >= 4 is 33.4 Å². The number of carbonyl (C=O) groups excluding carboxylic acids is 2. The Morgan fingerprint density at radius 3 is 2.67 bits per heavy atom. The lowest BCUT2D eigenvalue weighted by Crippen LogP contribution is -2.48. The Labute approximate surface area is 199 Å². The molecule has 8 heteroatoms. The number of ketones is 1. The van der Waals surface area contributed by atoms with Gasteiger partial charge in [0.1, 0.15) is 6.10 Å². The number of fused-ring (bicyclic) bond motifs is 5. The highest BCUT2D eigenvalue weighted by atomic mass is 35.5. The van der Waals surface area contributed by atoms with Crippen molar-refractivity contribution in [1.29, 1.82) is 0 Å². The number of sulfonamides is 1. The van der Waals surface area contributed by atoms with Gasteiger partial charge < -0.3 is 4.74 Å². The molecule has 2 N–H and O–H groups in total. The smallest absolute Gasteiger partial charge is 0.339 e. The van der Waals surface area contributed by atoms with Gasteiger partial charge in [0, 0.05) is 11.8 Å². The van der Waals surface area contributed by atoms with Gasteiger partial charge in [0.05, 0.1) is 15.5 Å². The molecule has 1 aromatic rings. The van der Waals surface area contributed by atoms with Gasteiger partial charge in [0.2, 0.25) is 10.0 Å². The van der Waals surface area contributed by atoms with E-state index in [9.17, 15) is 18.0 Å². The van der Waals surface area contributed by atoms with E-state index in [0.29, 0.717) is 30.1 Å². The summed E-state index contributed by atoms with van der Waals surface area (Å²) < 4.78 is 29.4. The molecule has 6 atom stereocenters. The van der Waals surface area contributed by atoms with Crippen molar-refractivity contribution in [3.63, 3.8) is 0 Å².